The molecule has 2 nitrogen and oxygen atoms in total. The number of aromatic nitrogens is 2. The van der Waals surface area contributed by atoms with E-state index in [1.54, 1.807) is 6.07 Å². The molecule has 140 valence electrons. The Bertz CT molecular complexity index is 1170. The molecule has 1 aromatic heterocycles. The summed E-state index contributed by atoms with van der Waals surface area (Å²) < 4.78 is 2.10. The summed E-state index contributed by atoms with van der Waals surface area (Å²) in [6.07, 6.45) is 3.79. The van der Waals surface area contributed by atoms with E-state index in [0.29, 0.717) is 26.6 Å². The fraction of sp³-hybridized carbons (Fsp3) is 0.0455. The lowest BCUT2D eigenvalue weighted by atomic mass is 10.2. The zero-order valence-electron chi connectivity index (χ0n) is 14.5. The second kappa shape index (κ2) is 8.18. The quantitative estimate of drug-likeness (QED) is 0.311. The third-order valence-corrected chi connectivity index (χ3v) is 5.67. The smallest absolute Gasteiger partial charge is 0.134 e. The van der Waals surface area contributed by atoms with Crippen LogP contribution in [0, 0.1) is 0 Å². The molecule has 0 N–H and O–H groups in total. The molecule has 0 aliphatic carbocycles. The van der Waals surface area contributed by atoms with E-state index in [9.17, 15) is 0 Å². The van der Waals surface area contributed by atoms with Crippen LogP contribution >= 0.6 is 46.4 Å². The van der Waals surface area contributed by atoms with Crippen molar-refractivity contribution in [1.29, 1.82) is 0 Å². The Hall–Kier alpha value is -1.97. The van der Waals surface area contributed by atoms with Crippen molar-refractivity contribution >= 4 is 69.6 Å². The monoisotopic (exact) mass is 446 g/mol. The lowest BCUT2D eigenvalue weighted by Gasteiger charge is -2.10. The van der Waals surface area contributed by atoms with Crippen LogP contribution in [0.4, 0.5) is 0 Å². The van der Waals surface area contributed by atoms with Crippen LogP contribution in [0.3, 0.4) is 0 Å². The van der Waals surface area contributed by atoms with Gasteiger partial charge in [-0.05, 0) is 54.1 Å². The van der Waals surface area contributed by atoms with E-state index in [1.165, 1.54) is 0 Å². The average molecular weight is 448 g/mol. The van der Waals surface area contributed by atoms with Crippen molar-refractivity contribution in [1.82, 2.24) is 9.55 Å². The summed E-state index contributed by atoms with van der Waals surface area (Å²) in [4.78, 5) is 4.75. The standard InChI is InChI=1S/C22H14Cl4N2/c23-15-9-8-14(19(26)12-15)13-28-21-7-2-1-6-20(21)27-22(28)11-10-16-17(24)4-3-5-18(16)25/h1-12H,13H2/b11-10+. The first-order valence-corrected chi connectivity index (χ1v) is 10.1. The van der Waals surface area contributed by atoms with Crippen LogP contribution in [-0.2, 0) is 6.54 Å². The molecule has 0 saturated heterocycles. The Balaban J connectivity index is 1.80. The molecule has 0 saturated carbocycles. The van der Waals surface area contributed by atoms with Gasteiger partial charge in [-0.1, -0.05) is 70.7 Å². The summed E-state index contributed by atoms with van der Waals surface area (Å²) in [5.74, 6) is 0.781. The van der Waals surface area contributed by atoms with Crippen molar-refractivity contribution < 1.29 is 0 Å². The van der Waals surface area contributed by atoms with Gasteiger partial charge >= 0.3 is 0 Å². The predicted molar refractivity (Wildman–Crippen MR) is 121 cm³/mol. The summed E-state index contributed by atoms with van der Waals surface area (Å²) in [6, 6.07) is 18.9. The van der Waals surface area contributed by atoms with E-state index >= 15 is 0 Å². The molecule has 0 spiro atoms. The second-order valence-electron chi connectivity index (χ2n) is 6.25. The molecule has 0 amide bonds. The van der Waals surface area contributed by atoms with Crippen LogP contribution in [0.25, 0.3) is 23.2 Å². The Morgan fingerprint density at radius 2 is 1.54 bits per heavy atom. The molecule has 0 aliphatic heterocycles. The summed E-state index contributed by atoms with van der Waals surface area (Å²) >= 11 is 25.0. The van der Waals surface area contributed by atoms with Gasteiger partial charge in [-0.25, -0.2) is 4.98 Å². The van der Waals surface area contributed by atoms with Crippen molar-refractivity contribution in [2.75, 3.05) is 0 Å². The van der Waals surface area contributed by atoms with Crippen LogP contribution in [0.1, 0.15) is 17.0 Å². The molecule has 0 unspecified atom stereocenters. The molecule has 28 heavy (non-hydrogen) atoms. The van der Waals surface area contributed by atoms with Crippen molar-refractivity contribution in [2.24, 2.45) is 0 Å². The molecule has 3 aromatic carbocycles. The molecule has 0 aliphatic rings. The highest BCUT2D eigenvalue weighted by molar-refractivity contribution is 6.37. The van der Waals surface area contributed by atoms with E-state index in [2.05, 4.69) is 4.57 Å². The van der Waals surface area contributed by atoms with Crippen LogP contribution in [0.2, 0.25) is 20.1 Å². The highest BCUT2D eigenvalue weighted by atomic mass is 35.5. The Morgan fingerprint density at radius 1 is 0.786 bits per heavy atom. The minimum atomic E-state index is 0.562. The number of rotatable bonds is 4. The van der Waals surface area contributed by atoms with Crippen molar-refractivity contribution in [2.45, 2.75) is 6.54 Å². The predicted octanol–water partition coefficient (Wildman–Crippen LogP) is 7.87. The van der Waals surface area contributed by atoms with Gasteiger partial charge in [-0.3, -0.25) is 0 Å². The average Bonchev–Trinajstić information content (AvgIpc) is 3.01. The molecule has 6 heteroatoms. The number of halogens is 4. The first-order chi connectivity index (χ1) is 13.5. The molecule has 0 radical (unpaired) electrons. The minimum Gasteiger partial charge on any atom is -0.320 e. The van der Waals surface area contributed by atoms with E-state index in [-0.39, 0.29) is 0 Å². The fourth-order valence-electron chi connectivity index (χ4n) is 3.04. The third-order valence-electron chi connectivity index (χ3n) is 4.43. The van der Waals surface area contributed by atoms with E-state index < -0.39 is 0 Å². The Kier molecular flexibility index (Phi) is 5.65. The number of benzene rings is 3. The highest BCUT2D eigenvalue weighted by Crippen LogP contribution is 2.28. The maximum atomic E-state index is 6.39. The minimum absolute atomic E-state index is 0.562. The normalized spacial score (nSPS) is 11.6. The van der Waals surface area contributed by atoms with E-state index in [0.717, 1.165) is 28.0 Å². The summed E-state index contributed by atoms with van der Waals surface area (Å²) in [5, 5.41) is 2.41. The van der Waals surface area contributed by atoms with Crippen LogP contribution < -0.4 is 0 Å². The summed E-state index contributed by atoms with van der Waals surface area (Å²) in [6.45, 7) is 0.562. The first kappa shape index (κ1) is 19.4. The molecule has 0 bridgehead atoms. The number of hydrogen-bond acceptors (Lipinski definition) is 1. The maximum absolute atomic E-state index is 6.39. The Labute approximate surface area is 182 Å². The topological polar surface area (TPSA) is 17.8 Å². The molecule has 1 heterocycles. The van der Waals surface area contributed by atoms with E-state index in [1.807, 2.05) is 66.7 Å². The van der Waals surface area contributed by atoms with E-state index in [4.69, 9.17) is 51.4 Å². The Morgan fingerprint density at radius 3 is 2.29 bits per heavy atom. The van der Waals surface area contributed by atoms with Crippen LogP contribution in [0.5, 0.6) is 0 Å². The van der Waals surface area contributed by atoms with Gasteiger partial charge in [0.15, 0.2) is 0 Å². The SMILES string of the molecule is Clc1ccc(Cn2c(/C=C/c3c(Cl)cccc3Cl)nc3ccccc32)c(Cl)c1. The largest absolute Gasteiger partial charge is 0.320 e. The molecular formula is C22H14Cl4N2. The van der Waals surface area contributed by atoms with Crippen molar-refractivity contribution in [3.05, 3.63) is 97.7 Å². The molecule has 4 aromatic rings. The third kappa shape index (κ3) is 3.92. The van der Waals surface area contributed by atoms with Gasteiger partial charge in [0.1, 0.15) is 5.82 Å². The van der Waals surface area contributed by atoms with Gasteiger partial charge in [-0.2, -0.15) is 0 Å². The van der Waals surface area contributed by atoms with Gasteiger partial charge in [0, 0.05) is 25.7 Å². The molecule has 4 rings (SSSR count). The first-order valence-electron chi connectivity index (χ1n) is 8.54. The highest BCUT2D eigenvalue weighted by Gasteiger charge is 2.11. The summed E-state index contributed by atoms with van der Waals surface area (Å²) in [7, 11) is 0. The zero-order valence-corrected chi connectivity index (χ0v) is 17.6. The molecule has 0 atom stereocenters. The lowest BCUT2D eigenvalue weighted by Crippen LogP contribution is -2.02. The van der Waals surface area contributed by atoms with Crippen LogP contribution in [0.15, 0.2) is 60.7 Å². The van der Waals surface area contributed by atoms with Crippen molar-refractivity contribution in [3.63, 3.8) is 0 Å². The van der Waals surface area contributed by atoms with Gasteiger partial charge in [0.05, 0.1) is 17.6 Å². The van der Waals surface area contributed by atoms with Gasteiger partial charge in [0.2, 0.25) is 0 Å². The summed E-state index contributed by atoms with van der Waals surface area (Å²) in [5.41, 5.74) is 3.63. The molecular weight excluding hydrogens is 434 g/mol. The number of hydrogen-bond donors (Lipinski definition) is 0. The number of para-hydroxylation sites is 2. The maximum Gasteiger partial charge on any atom is 0.134 e. The van der Waals surface area contributed by atoms with Gasteiger partial charge in [-0.15, -0.1) is 0 Å². The number of nitrogens with zero attached hydrogens (tertiary/aromatic N) is 2. The fourth-order valence-corrected chi connectivity index (χ4v) is 4.03. The second-order valence-corrected chi connectivity index (χ2v) is 7.91. The number of imidazole rings is 1. The van der Waals surface area contributed by atoms with Gasteiger partial charge in [0.25, 0.3) is 0 Å². The lowest BCUT2D eigenvalue weighted by molar-refractivity contribution is 0.814. The van der Waals surface area contributed by atoms with Crippen molar-refractivity contribution in [3.8, 4) is 0 Å². The molecule has 0 fully saturated rings. The zero-order chi connectivity index (χ0) is 19.7. The van der Waals surface area contributed by atoms with Crippen LogP contribution in [-0.4, -0.2) is 9.55 Å². The number of fused-ring (bicyclic) bond motifs is 1. The van der Waals surface area contributed by atoms with Gasteiger partial charge < -0.3 is 4.57 Å².